The van der Waals surface area contributed by atoms with Gasteiger partial charge in [-0.3, -0.25) is 0 Å². The lowest BCUT2D eigenvalue weighted by molar-refractivity contribution is 0.126. The monoisotopic (exact) mass is 514 g/mol. The number of nitrogens with zero attached hydrogens (tertiary/aromatic N) is 1. The molecule has 0 amide bonds. The van der Waals surface area contributed by atoms with E-state index in [1.165, 1.54) is 6.07 Å². The van der Waals surface area contributed by atoms with Crippen molar-refractivity contribution in [2.45, 2.75) is 57.7 Å². The standard InChI is InChI=1S/C27H38N4O6/c32-19-22-17-21(11-12-24(22)33)25(34)18-28-13-4-1-2-5-14-37-15-6-3-8-20-9-7-10-23(16-20)31-26(35)29-30-27(31)36/h7,9-12,16-17,25,28,32-34H,1-6,8,13-15,18-19H2,(H,29,35)(H,30,36)/t25-/m1/s1. The second kappa shape index (κ2) is 15.2. The van der Waals surface area contributed by atoms with Gasteiger partial charge in [0.2, 0.25) is 0 Å². The lowest BCUT2D eigenvalue weighted by Gasteiger charge is -2.14. The minimum Gasteiger partial charge on any atom is -0.508 e. The Morgan fingerprint density at radius 2 is 1.65 bits per heavy atom. The van der Waals surface area contributed by atoms with Crippen molar-refractivity contribution in [2.24, 2.45) is 0 Å². The van der Waals surface area contributed by atoms with E-state index in [2.05, 4.69) is 15.5 Å². The highest BCUT2D eigenvalue weighted by Gasteiger charge is 2.10. The minimum atomic E-state index is -0.684. The van der Waals surface area contributed by atoms with Crippen molar-refractivity contribution in [3.63, 3.8) is 0 Å². The molecule has 6 N–H and O–H groups in total. The van der Waals surface area contributed by atoms with Crippen LogP contribution in [0.3, 0.4) is 0 Å². The maximum absolute atomic E-state index is 11.8. The van der Waals surface area contributed by atoms with Crippen LogP contribution in [0.15, 0.2) is 52.1 Å². The van der Waals surface area contributed by atoms with Gasteiger partial charge in [-0.25, -0.2) is 24.4 Å². The SMILES string of the molecule is O=c1[nH][nH]c(=O)n1-c1cccc(CCCCOCCCCCCNC[C@@H](O)c2ccc(O)c(CO)c2)c1. The number of aliphatic hydroxyl groups is 2. The summed E-state index contributed by atoms with van der Waals surface area (Å²) in [4.78, 5) is 23.5. The van der Waals surface area contributed by atoms with Crippen LogP contribution in [0.25, 0.3) is 5.69 Å². The molecule has 0 aliphatic carbocycles. The second-order valence-corrected chi connectivity index (χ2v) is 9.12. The van der Waals surface area contributed by atoms with Crippen LogP contribution in [0.5, 0.6) is 5.75 Å². The molecule has 0 fully saturated rings. The van der Waals surface area contributed by atoms with E-state index in [1.807, 2.05) is 18.2 Å². The molecular weight excluding hydrogens is 476 g/mol. The topological polar surface area (TPSA) is 153 Å². The van der Waals surface area contributed by atoms with Gasteiger partial charge in [-0.05, 0) is 74.0 Å². The van der Waals surface area contributed by atoms with Crippen LogP contribution in [0.2, 0.25) is 0 Å². The number of aliphatic hydroxyl groups excluding tert-OH is 2. The van der Waals surface area contributed by atoms with Gasteiger partial charge in [0.05, 0.1) is 18.4 Å². The molecular formula is C27H38N4O6. The number of aryl methyl sites for hydroxylation is 1. The van der Waals surface area contributed by atoms with Crippen molar-refractivity contribution >= 4 is 0 Å². The number of aromatic amines is 2. The zero-order chi connectivity index (χ0) is 26.5. The van der Waals surface area contributed by atoms with E-state index in [0.29, 0.717) is 30.0 Å². The summed E-state index contributed by atoms with van der Waals surface area (Å²) in [6, 6.07) is 12.2. The van der Waals surface area contributed by atoms with Crippen LogP contribution in [-0.4, -0.2) is 56.4 Å². The fourth-order valence-electron chi connectivity index (χ4n) is 4.14. The van der Waals surface area contributed by atoms with E-state index in [1.54, 1.807) is 18.2 Å². The maximum Gasteiger partial charge on any atom is 0.348 e. The molecule has 1 atom stereocenters. The zero-order valence-electron chi connectivity index (χ0n) is 21.1. The van der Waals surface area contributed by atoms with Gasteiger partial charge in [-0.15, -0.1) is 0 Å². The molecule has 0 unspecified atom stereocenters. The number of hydrogen-bond acceptors (Lipinski definition) is 7. The van der Waals surface area contributed by atoms with Crippen molar-refractivity contribution < 1.29 is 20.1 Å². The molecule has 1 aromatic heterocycles. The second-order valence-electron chi connectivity index (χ2n) is 9.12. The third-order valence-corrected chi connectivity index (χ3v) is 6.24. The Labute approximate surface area is 215 Å². The molecule has 0 aliphatic heterocycles. The molecule has 0 saturated heterocycles. The number of ether oxygens (including phenoxy) is 1. The average Bonchev–Trinajstić information content (AvgIpc) is 3.24. The van der Waals surface area contributed by atoms with E-state index in [-0.39, 0.29) is 12.4 Å². The number of unbranched alkanes of at least 4 members (excludes halogenated alkanes) is 4. The molecule has 3 aromatic rings. The number of aromatic hydroxyl groups is 1. The maximum atomic E-state index is 11.8. The van der Waals surface area contributed by atoms with Gasteiger partial charge in [-0.1, -0.05) is 31.0 Å². The van der Waals surface area contributed by atoms with Crippen molar-refractivity contribution in [3.8, 4) is 11.4 Å². The summed E-state index contributed by atoms with van der Waals surface area (Å²) in [5.41, 5.74) is 1.76. The Balaban J connectivity index is 1.17. The van der Waals surface area contributed by atoms with E-state index in [9.17, 15) is 24.9 Å². The van der Waals surface area contributed by atoms with Crippen LogP contribution < -0.4 is 16.7 Å². The Morgan fingerprint density at radius 1 is 0.919 bits per heavy atom. The molecule has 37 heavy (non-hydrogen) atoms. The van der Waals surface area contributed by atoms with Crippen molar-refractivity contribution in [1.82, 2.24) is 20.1 Å². The van der Waals surface area contributed by atoms with Gasteiger partial charge >= 0.3 is 11.4 Å². The van der Waals surface area contributed by atoms with E-state index in [0.717, 1.165) is 68.2 Å². The summed E-state index contributed by atoms with van der Waals surface area (Å²) in [7, 11) is 0. The Bertz CT molecular complexity index is 1170. The van der Waals surface area contributed by atoms with E-state index in [4.69, 9.17) is 4.74 Å². The number of H-pyrrole nitrogens is 2. The van der Waals surface area contributed by atoms with Crippen LogP contribution in [0, 0.1) is 0 Å². The van der Waals surface area contributed by atoms with Crippen LogP contribution >= 0.6 is 0 Å². The number of aromatic nitrogens is 3. The molecule has 10 heteroatoms. The number of benzene rings is 2. The quantitative estimate of drug-likeness (QED) is 0.151. The largest absolute Gasteiger partial charge is 0.508 e. The third kappa shape index (κ3) is 9.01. The number of hydrogen-bond donors (Lipinski definition) is 6. The van der Waals surface area contributed by atoms with Crippen LogP contribution in [-0.2, 0) is 17.8 Å². The summed E-state index contributed by atoms with van der Waals surface area (Å²) in [6.45, 7) is 2.44. The van der Waals surface area contributed by atoms with Gasteiger partial charge in [-0.2, -0.15) is 0 Å². The fourth-order valence-corrected chi connectivity index (χ4v) is 4.14. The van der Waals surface area contributed by atoms with Crippen LogP contribution in [0.4, 0.5) is 0 Å². The van der Waals surface area contributed by atoms with Gasteiger partial charge in [0.25, 0.3) is 0 Å². The van der Waals surface area contributed by atoms with Crippen molar-refractivity contribution in [2.75, 3.05) is 26.3 Å². The number of phenols is 1. The predicted molar refractivity (Wildman–Crippen MR) is 141 cm³/mol. The first kappa shape index (κ1) is 28.4. The summed E-state index contributed by atoms with van der Waals surface area (Å²) in [5, 5.41) is 36.9. The smallest absolute Gasteiger partial charge is 0.348 e. The molecule has 2 aromatic carbocycles. The Hall–Kier alpha value is -3.18. The summed E-state index contributed by atoms with van der Waals surface area (Å²) < 4.78 is 6.82. The van der Waals surface area contributed by atoms with Crippen molar-refractivity contribution in [3.05, 3.63) is 80.1 Å². The highest BCUT2D eigenvalue weighted by molar-refractivity contribution is 5.37. The molecule has 3 rings (SSSR count). The van der Waals surface area contributed by atoms with Crippen LogP contribution in [0.1, 0.15) is 61.3 Å². The number of rotatable bonds is 17. The average molecular weight is 515 g/mol. The Morgan fingerprint density at radius 3 is 2.41 bits per heavy atom. The Kier molecular flexibility index (Phi) is 11.6. The van der Waals surface area contributed by atoms with Gasteiger partial charge in [0.1, 0.15) is 5.75 Å². The third-order valence-electron chi connectivity index (χ3n) is 6.24. The predicted octanol–water partition coefficient (Wildman–Crippen LogP) is 2.27. The highest BCUT2D eigenvalue weighted by atomic mass is 16.5. The highest BCUT2D eigenvalue weighted by Crippen LogP contribution is 2.22. The molecule has 202 valence electrons. The molecule has 0 bridgehead atoms. The molecule has 0 saturated carbocycles. The minimum absolute atomic E-state index is 0.0320. The lowest BCUT2D eigenvalue weighted by Crippen LogP contribution is -2.24. The van der Waals surface area contributed by atoms with Gasteiger partial charge < -0.3 is 25.4 Å². The number of nitrogens with one attached hydrogen (secondary N) is 3. The molecule has 0 spiro atoms. The molecule has 0 aliphatic rings. The summed E-state index contributed by atoms with van der Waals surface area (Å²) in [5.74, 6) is 0.0320. The molecule has 10 nitrogen and oxygen atoms in total. The first-order valence-electron chi connectivity index (χ1n) is 12.9. The first-order chi connectivity index (χ1) is 18.0. The van der Waals surface area contributed by atoms with Gasteiger partial charge in [0.15, 0.2) is 0 Å². The normalized spacial score (nSPS) is 12.2. The summed E-state index contributed by atoms with van der Waals surface area (Å²) >= 11 is 0. The zero-order valence-corrected chi connectivity index (χ0v) is 21.1. The lowest BCUT2D eigenvalue weighted by atomic mass is 10.1. The van der Waals surface area contributed by atoms with E-state index < -0.39 is 17.5 Å². The fraction of sp³-hybridized carbons (Fsp3) is 0.481. The molecule has 0 radical (unpaired) electrons. The van der Waals surface area contributed by atoms with Gasteiger partial charge in [0, 0.05) is 25.3 Å². The van der Waals surface area contributed by atoms with E-state index >= 15 is 0 Å². The molecule has 1 heterocycles. The first-order valence-corrected chi connectivity index (χ1v) is 12.9. The summed E-state index contributed by atoms with van der Waals surface area (Å²) in [6.07, 6.45) is 6.29. The van der Waals surface area contributed by atoms with Crippen molar-refractivity contribution in [1.29, 1.82) is 0 Å².